The molecule has 2 aliphatic rings. The summed E-state index contributed by atoms with van der Waals surface area (Å²) in [5.41, 5.74) is -0.754. The van der Waals surface area contributed by atoms with Crippen molar-refractivity contribution in [3.63, 3.8) is 0 Å². The summed E-state index contributed by atoms with van der Waals surface area (Å²) in [5.74, 6) is -0.751. The molecule has 15 heavy (non-hydrogen) atoms. The second kappa shape index (κ2) is 3.76. The summed E-state index contributed by atoms with van der Waals surface area (Å²) in [6.45, 7) is 2.60. The van der Waals surface area contributed by atoms with E-state index in [0.717, 1.165) is 32.2 Å². The van der Waals surface area contributed by atoms with Crippen LogP contribution in [0.5, 0.6) is 0 Å². The van der Waals surface area contributed by atoms with Gasteiger partial charge in [0.1, 0.15) is 5.54 Å². The Bertz CT molecular complexity index is 269. The molecule has 3 unspecified atom stereocenters. The molecular formula is C11H19NO3. The molecule has 1 heterocycles. The third kappa shape index (κ3) is 1.66. The SMILES string of the molecule is CC1(C(=O)O)CCCN1C1CCCC1O. The molecule has 0 aromatic carbocycles. The number of hydrogen-bond donors (Lipinski definition) is 2. The molecule has 4 nitrogen and oxygen atoms in total. The zero-order chi connectivity index (χ0) is 11.1. The molecule has 0 radical (unpaired) electrons. The van der Waals surface area contributed by atoms with Gasteiger partial charge in [0.2, 0.25) is 0 Å². The van der Waals surface area contributed by atoms with E-state index in [1.165, 1.54) is 0 Å². The van der Waals surface area contributed by atoms with Gasteiger partial charge in [-0.2, -0.15) is 0 Å². The Labute approximate surface area is 89.9 Å². The van der Waals surface area contributed by atoms with Gasteiger partial charge in [-0.25, -0.2) is 0 Å². The van der Waals surface area contributed by atoms with Crippen LogP contribution >= 0.6 is 0 Å². The summed E-state index contributed by atoms with van der Waals surface area (Å²) in [6.07, 6.45) is 4.05. The van der Waals surface area contributed by atoms with Crippen molar-refractivity contribution >= 4 is 5.97 Å². The number of carboxylic acid groups (broad SMARTS) is 1. The fourth-order valence-electron chi connectivity index (χ4n) is 3.03. The van der Waals surface area contributed by atoms with Crippen LogP contribution in [0.2, 0.25) is 0 Å². The molecule has 3 atom stereocenters. The van der Waals surface area contributed by atoms with Gasteiger partial charge >= 0.3 is 5.97 Å². The second-order valence-corrected chi connectivity index (χ2v) is 4.94. The number of rotatable bonds is 2. The summed E-state index contributed by atoms with van der Waals surface area (Å²) >= 11 is 0. The maximum absolute atomic E-state index is 11.3. The molecule has 0 amide bonds. The Morgan fingerprint density at radius 3 is 2.67 bits per heavy atom. The minimum atomic E-state index is -0.754. The fourth-order valence-corrected chi connectivity index (χ4v) is 3.03. The molecule has 1 saturated heterocycles. The monoisotopic (exact) mass is 213 g/mol. The molecule has 4 heteroatoms. The quantitative estimate of drug-likeness (QED) is 0.713. The minimum Gasteiger partial charge on any atom is -0.480 e. The van der Waals surface area contributed by atoms with Crippen molar-refractivity contribution < 1.29 is 15.0 Å². The number of aliphatic hydroxyl groups is 1. The van der Waals surface area contributed by atoms with Crippen LogP contribution in [0.25, 0.3) is 0 Å². The molecule has 1 aliphatic carbocycles. The van der Waals surface area contributed by atoms with Crippen molar-refractivity contribution in [2.24, 2.45) is 0 Å². The van der Waals surface area contributed by atoms with Crippen LogP contribution in [0.1, 0.15) is 39.0 Å². The van der Waals surface area contributed by atoms with Gasteiger partial charge in [-0.3, -0.25) is 9.69 Å². The van der Waals surface area contributed by atoms with E-state index in [1.54, 1.807) is 6.92 Å². The van der Waals surface area contributed by atoms with E-state index in [0.29, 0.717) is 6.42 Å². The Kier molecular flexibility index (Phi) is 2.73. The summed E-state index contributed by atoms with van der Waals surface area (Å²) in [6, 6.07) is 0.0635. The topological polar surface area (TPSA) is 60.8 Å². The lowest BCUT2D eigenvalue weighted by atomic mass is 9.97. The molecule has 1 saturated carbocycles. The number of aliphatic carboxylic acids is 1. The Morgan fingerprint density at radius 1 is 1.40 bits per heavy atom. The van der Waals surface area contributed by atoms with Crippen molar-refractivity contribution in [2.75, 3.05) is 6.54 Å². The van der Waals surface area contributed by atoms with Gasteiger partial charge in [0.05, 0.1) is 6.10 Å². The average Bonchev–Trinajstić information content (AvgIpc) is 2.72. The first-order valence-electron chi connectivity index (χ1n) is 5.74. The number of carboxylic acids is 1. The number of hydrogen-bond acceptors (Lipinski definition) is 3. The highest BCUT2D eigenvalue weighted by atomic mass is 16.4. The highest BCUT2D eigenvalue weighted by Crippen LogP contribution is 2.36. The first-order valence-corrected chi connectivity index (χ1v) is 5.74. The smallest absolute Gasteiger partial charge is 0.323 e. The van der Waals surface area contributed by atoms with Gasteiger partial charge in [0, 0.05) is 6.04 Å². The number of likely N-dealkylation sites (tertiary alicyclic amines) is 1. The summed E-state index contributed by atoms with van der Waals surface area (Å²) < 4.78 is 0. The highest BCUT2D eigenvalue weighted by Gasteiger charge is 2.48. The molecule has 0 aromatic rings. The lowest BCUT2D eigenvalue weighted by molar-refractivity contribution is -0.151. The Morgan fingerprint density at radius 2 is 2.13 bits per heavy atom. The predicted molar refractivity (Wildman–Crippen MR) is 55.6 cm³/mol. The van der Waals surface area contributed by atoms with Crippen LogP contribution < -0.4 is 0 Å². The number of nitrogens with zero attached hydrogens (tertiary/aromatic N) is 1. The van der Waals surface area contributed by atoms with Crippen LogP contribution in [0.15, 0.2) is 0 Å². The standard InChI is InChI=1S/C11H19NO3/c1-11(10(14)15)6-3-7-12(11)8-4-2-5-9(8)13/h8-9,13H,2-7H2,1H3,(H,14,15). The van der Waals surface area contributed by atoms with Gasteiger partial charge in [-0.15, -0.1) is 0 Å². The van der Waals surface area contributed by atoms with E-state index < -0.39 is 11.5 Å². The van der Waals surface area contributed by atoms with E-state index in [4.69, 9.17) is 0 Å². The first-order chi connectivity index (χ1) is 7.05. The molecule has 2 N–H and O–H groups in total. The van der Waals surface area contributed by atoms with Crippen molar-refractivity contribution in [3.8, 4) is 0 Å². The van der Waals surface area contributed by atoms with Crippen molar-refractivity contribution in [1.29, 1.82) is 0 Å². The van der Waals surface area contributed by atoms with Gasteiger partial charge in [-0.05, 0) is 45.6 Å². The van der Waals surface area contributed by atoms with E-state index in [-0.39, 0.29) is 12.1 Å². The van der Waals surface area contributed by atoms with E-state index in [9.17, 15) is 15.0 Å². The van der Waals surface area contributed by atoms with E-state index >= 15 is 0 Å². The summed E-state index contributed by atoms with van der Waals surface area (Å²) in [5, 5.41) is 19.1. The lowest BCUT2D eigenvalue weighted by Gasteiger charge is -2.37. The molecule has 0 bridgehead atoms. The molecule has 2 fully saturated rings. The predicted octanol–water partition coefficient (Wildman–Crippen LogP) is 0.839. The Hall–Kier alpha value is -0.610. The van der Waals surface area contributed by atoms with Crippen LogP contribution in [0.3, 0.4) is 0 Å². The van der Waals surface area contributed by atoms with Crippen molar-refractivity contribution in [1.82, 2.24) is 4.90 Å². The van der Waals surface area contributed by atoms with Gasteiger partial charge in [-0.1, -0.05) is 0 Å². The molecule has 0 aromatic heterocycles. The second-order valence-electron chi connectivity index (χ2n) is 4.94. The zero-order valence-corrected chi connectivity index (χ0v) is 9.15. The maximum atomic E-state index is 11.3. The number of aliphatic hydroxyl groups excluding tert-OH is 1. The van der Waals surface area contributed by atoms with Crippen LogP contribution in [-0.2, 0) is 4.79 Å². The third-order valence-electron chi connectivity index (χ3n) is 4.00. The zero-order valence-electron chi connectivity index (χ0n) is 9.15. The molecule has 1 aliphatic heterocycles. The maximum Gasteiger partial charge on any atom is 0.323 e. The van der Waals surface area contributed by atoms with Crippen LogP contribution in [0.4, 0.5) is 0 Å². The molecule has 2 rings (SSSR count). The fraction of sp³-hybridized carbons (Fsp3) is 0.909. The van der Waals surface area contributed by atoms with Crippen molar-refractivity contribution in [3.05, 3.63) is 0 Å². The minimum absolute atomic E-state index is 0.0635. The van der Waals surface area contributed by atoms with Crippen LogP contribution in [-0.4, -0.2) is 45.3 Å². The third-order valence-corrected chi connectivity index (χ3v) is 4.00. The van der Waals surface area contributed by atoms with Crippen molar-refractivity contribution in [2.45, 2.75) is 56.7 Å². The normalized spacial score (nSPS) is 42.3. The molecule has 0 spiro atoms. The molecular weight excluding hydrogens is 194 g/mol. The summed E-state index contributed by atoms with van der Waals surface area (Å²) in [4.78, 5) is 13.3. The van der Waals surface area contributed by atoms with Crippen LogP contribution in [0, 0.1) is 0 Å². The molecule has 86 valence electrons. The van der Waals surface area contributed by atoms with E-state index in [1.807, 2.05) is 4.90 Å². The van der Waals surface area contributed by atoms with E-state index in [2.05, 4.69) is 0 Å². The first kappa shape index (κ1) is 10.9. The van der Waals surface area contributed by atoms with Gasteiger partial charge in [0.25, 0.3) is 0 Å². The summed E-state index contributed by atoms with van der Waals surface area (Å²) in [7, 11) is 0. The highest BCUT2D eigenvalue weighted by molar-refractivity contribution is 5.78. The lowest BCUT2D eigenvalue weighted by Crippen LogP contribution is -2.54. The van der Waals surface area contributed by atoms with Gasteiger partial charge < -0.3 is 10.2 Å². The van der Waals surface area contributed by atoms with Gasteiger partial charge in [0.15, 0.2) is 0 Å². The Balaban J connectivity index is 2.17. The average molecular weight is 213 g/mol. The largest absolute Gasteiger partial charge is 0.480 e. The number of carbonyl (C=O) groups is 1.